The first-order chi connectivity index (χ1) is 14.1. The molecule has 0 aromatic heterocycles. The molecule has 0 atom stereocenters. The second-order valence-electron chi connectivity index (χ2n) is 8.41. The summed E-state index contributed by atoms with van der Waals surface area (Å²) in [5, 5.41) is 2.95. The number of benzene rings is 2. The number of methoxy groups -OCH3 is 1. The average Bonchev–Trinajstić information content (AvgIpc) is 3.27. The zero-order valence-corrected chi connectivity index (χ0v) is 18.9. The lowest BCUT2D eigenvalue weighted by atomic mass is 9.84. The summed E-state index contributed by atoms with van der Waals surface area (Å²) in [6.07, 6.45) is 1.69. The normalized spacial score (nSPS) is 15.2. The third kappa shape index (κ3) is 4.68. The number of hydrogen-bond donors (Lipinski definition) is 1. The summed E-state index contributed by atoms with van der Waals surface area (Å²) in [6, 6.07) is 12.8. The molecule has 1 aliphatic heterocycles. The van der Waals surface area contributed by atoms with Crippen molar-refractivity contribution in [3.63, 3.8) is 0 Å². The summed E-state index contributed by atoms with van der Waals surface area (Å²) in [4.78, 5) is 12.9. The minimum absolute atomic E-state index is 0.0393. The van der Waals surface area contributed by atoms with E-state index in [-0.39, 0.29) is 22.0 Å². The van der Waals surface area contributed by atoms with Gasteiger partial charge in [-0.1, -0.05) is 43.7 Å². The number of carbonyl (C=O) groups excluding carboxylic acids is 1. The van der Waals surface area contributed by atoms with E-state index in [0.29, 0.717) is 25.2 Å². The molecule has 0 aliphatic carbocycles. The smallest absolute Gasteiger partial charge is 0.251 e. The Morgan fingerprint density at radius 1 is 1.13 bits per heavy atom. The van der Waals surface area contributed by atoms with Crippen molar-refractivity contribution in [3.8, 4) is 5.75 Å². The van der Waals surface area contributed by atoms with Crippen molar-refractivity contribution < 1.29 is 17.9 Å². The Bertz CT molecular complexity index is 1030. The molecule has 1 fully saturated rings. The molecule has 3 rings (SSSR count). The maximum atomic E-state index is 13.0. The highest BCUT2D eigenvalue weighted by atomic mass is 32.2. The third-order valence-electron chi connectivity index (χ3n) is 5.60. The van der Waals surface area contributed by atoms with Crippen molar-refractivity contribution in [1.29, 1.82) is 0 Å². The Morgan fingerprint density at radius 2 is 1.83 bits per heavy atom. The summed E-state index contributed by atoms with van der Waals surface area (Å²) < 4.78 is 32.8. The Morgan fingerprint density at radius 3 is 2.47 bits per heavy atom. The summed E-state index contributed by atoms with van der Waals surface area (Å²) in [5.41, 5.74) is 2.33. The van der Waals surface area contributed by atoms with Crippen molar-refractivity contribution in [3.05, 3.63) is 59.2 Å². The van der Waals surface area contributed by atoms with Crippen LogP contribution >= 0.6 is 0 Å². The monoisotopic (exact) mass is 430 g/mol. The van der Waals surface area contributed by atoms with Gasteiger partial charge in [0.15, 0.2) is 0 Å². The van der Waals surface area contributed by atoms with Crippen molar-refractivity contribution in [1.82, 2.24) is 9.62 Å². The Balaban J connectivity index is 1.81. The molecule has 1 heterocycles. The van der Waals surface area contributed by atoms with E-state index in [2.05, 4.69) is 25.2 Å². The molecule has 1 aliphatic rings. The molecule has 0 bridgehead atoms. The van der Waals surface area contributed by atoms with Crippen LogP contribution in [0.2, 0.25) is 0 Å². The van der Waals surface area contributed by atoms with Crippen LogP contribution in [0.4, 0.5) is 0 Å². The van der Waals surface area contributed by atoms with E-state index in [9.17, 15) is 13.2 Å². The highest BCUT2D eigenvalue weighted by Gasteiger charge is 2.31. The van der Waals surface area contributed by atoms with E-state index in [1.807, 2.05) is 25.1 Å². The summed E-state index contributed by atoms with van der Waals surface area (Å²) in [5.74, 6) is -0.0604. The molecule has 0 saturated carbocycles. The van der Waals surface area contributed by atoms with Crippen LogP contribution in [0.5, 0.6) is 5.75 Å². The van der Waals surface area contributed by atoms with Gasteiger partial charge in [-0.2, -0.15) is 4.31 Å². The van der Waals surface area contributed by atoms with E-state index < -0.39 is 10.0 Å². The number of nitrogens with one attached hydrogen (secondary N) is 1. The van der Waals surface area contributed by atoms with E-state index >= 15 is 0 Å². The van der Waals surface area contributed by atoms with Gasteiger partial charge in [-0.15, -0.1) is 0 Å². The van der Waals surface area contributed by atoms with Crippen LogP contribution in [-0.2, 0) is 15.4 Å². The fourth-order valence-electron chi connectivity index (χ4n) is 3.66. The SMILES string of the molecule is COc1ccc(C(=O)NCC(C)(C)c2cccc(C)c2)cc1S(=O)(=O)N1CCCC1. The first kappa shape index (κ1) is 22.3. The molecule has 6 nitrogen and oxygen atoms in total. The molecule has 30 heavy (non-hydrogen) atoms. The Kier molecular flexibility index (Phi) is 6.53. The highest BCUT2D eigenvalue weighted by Crippen LogP contribution is 2.30. The number of rotatable bonds is 7. The molecule has 0 radical (unpaired) electrons. The number of carbonyl (C=O) groups is 1. The van der Waals surface area contributed by atoms with Gasteiger partial charge in [-0.05, 0) is 43.5 Å². The highest BCUT2D eigenvalue weighted by molar-refractivity contribution is 7.89. The van der Waals surface area contributed by atoms with E-state index in [1.54, 1.807) is 12.1 Å². The van der Waals surface area contributed by atoms with Crippen molar-refractivity contribution in [2.24, 2.45) is 0 Å². The number of sulfonamides is 1. The fourth-order valence-corrected chi connectivity index (χ4v) is 5.36. The lowest BCUT2D eigenvalue weighted by molar-refractivity contribution is 0.0945. The van der Waals surface area contributed by atoms with Crippen LogP contribution in [0.25, 0.3) is 0 Å². The molecule has 0 spiro atoms. The van der Waals surface area contributed by atoms with Crippen molar-refractivity contribution in [2.45, 2.75) is 43.9 Å². The molecule has 162 valence electrons. The number of amides is 1. The summed E-state index contributed by atoms with van der Waals surface area (Å²) in [7, 11) is -2.27. The molecule has 1 N–H and O–H groups in total. The molecule has 1 saturated heterocycles. The van der Waals surface area contributed by atoms with Gasteiger partial charge in [-0.25, -0.2) is 8.42 Å². The topological polar surface area (TPSA) is 75.7 Å². The second kappa shape index (κ2) is 8.78. The van der Waals surface area contributed by atoms with Gasteiger partial charge in [0.25, 0.3) is 5.91 Å². The van der Waals surface area contributed by atoms with Gasteiger partial charge in [-0.3, -0.25) is 4.79 Å². The predicted molar refractivity (Wildman–Crippen MR) is 118 cm³/mol. The van der Waals surface area contributed by atoms with Gasteiger partial charge < -0.3 is 10.1 Å². The number of nitrogens with zero attached hydrogens (tertiary/aromatic N) is 1. The Labute approximate surface area is 179 Å². The van der Waals surface area contributed by atoms with Crippen LogP contribution in [-0.4, -0.2) is 45.4 Å². The summed E-state index contributed by atoms with van der Waals surface area (Å²) in [6.45, 7) is 7.59. The number of ether oxygens (including phenoxy) is 1. The van der Waals surface area contributed by atoms with Crippen LogP contribution in [0.3, 0.4) is 0 Å². The fraction of sp³-hybridized carbons (Fsp3) is 0.435. The maximum Gasteiger partial charge on any atom is 0.251 e. The van der Waals surface area contributed by atoms with Crippen LogP contribution in [0, 0.1) is 6.92 Å². The van der Waals surface area contributed by atoms with E-state index in [4.69, 9.17) is 4.74 Å². The molecule has 7 heteroatoms. The Hall–Kier alpha value is -2.38. The lowest BCUT2D eigenvalue weighted by Gasteiger charge is -2.26. The van der Waals surface area contributed by atoms with Gasteiger partial charge >= 0.3 is 0 Å². The minimum Gasteiger partial charge on any atom is -0.495 e. The molecule has 1 amide bonds. The van der Waals surface area contributed by atoms with Gasteiger partial charge in [0.05, 0.1) is 7.11 Å². The number of hydrogen-bond acceptors (Lipinski definition) is 4. The average molecular weight is 431 g/mol. The molecular weight excluding hydrogens is 400 g/mol. The minimum atomic E-state index is -3.70. The molecule has 2 aromatic carbocycles. The first-order valence-electron chi connectivity index (χ1n) is 10.2. The van der Waals surface area contributed by atoms with Crippen LogP contribution in [0.15, 0.2) is 47.4 Å². The third-order valence-corrected chi connectivity index (χ3v) is 7.52. The molecular formula is C23H30N2O4S. The largest absolute Gasteiger partial charge is 0.495 e. The zero-order valence-electron chi connectivity index (χ0n) is 18.1. The van der Waals surface area contributed by atoms with E-state index in [0.717, 1.165) is 18.4 Å². The van der Waals surface area contributed by atoms with Gasteiger partial charge in [0.2, 0.25) is 10.0 Å². The van der Waals surface area contributed by atoms with Crippen molar-refractivity contribution in [2.75, 3.05) is 26.7 Å². The lowest BCUT2D eigenvalue weighted by Crippen LogP contribution is -2.37. The van der Waals surface area contributed by atoms with Gasteiger partial charge in [0, 0.05) is 30.6 Å². The predicted octanol–water partition coefficient (Wildman–Crippen LogP) is 3.50. The van der Waals surface area contributed by atoms with Crippen LogP contribution < -0.4 is 10.1 Å². The van der Waals surface area contributed by atoms with Crippen molar-refractivity contribution >= 4 is 15.9 Å². The summed E-state index contributed by atoms with van der Waals surface area (Å²) >= 11 is 0. The molecule has 2 aromatic rings. The number of aryl methyl sites for hydroxylation is 1. The zero-order chi connectivity index (χ0) is 21.9. The van der Waals surface area contributed by atoms with Crippen LogP contribution in [0.1, 0.15) is 48.2 Å². The second-order valence-corrected chi connectivity index (χ2v) is 10.3. The standard InChI is InChI=1S/C23H30N2O4S/c1-17-8-7-9-19(14-17)23(2,3)16-24-22(26)18-10-11-20(29-4)21(15-18)30(27,28)25-12-5-6-13-25/h7-11,14-15H,5-6,12-13,16H2,1-4H3,(H,24,26). The van der Waals surface area contributed by atoms with E-state index in [1.165, 1.54) is 23.0 Å². The maximum absolute atomic E-state index is 13.0. The first-order valence-corrected chi connectivity index (χ1v) is 11.6. The molecule has 0 unspecified atom stereocenters. The quantitative estimate of drug-likeness (QED) is 0.730. The van der Waals surface area contributed by atoms with Gasteiger partial charge in [0.1, 0.15) is 10.6 Å².